The van der Waals surface area contributed by atoms with Gasteiger partial charge in [0, 0.05) is 22.9 Å². The summed E-state index contributed by atoms with van der Waals surface area (Å²) in [5.74, 6) is 0.377. The van der Waals surface area contributed by atoms with Crippen LogP contribution in [-0.4, -0.2) is 29.0 Å². The molecule has 5 nitrogen and oxygen atoms in total. The lowest BCUT2D eigenvalue weighted by Crippen LogP contribution is -2.26. The SMILES string of the molecule is O=C(Nc1ncc(C2CCNCC2)s1)c1csc(CCc2ccccc2)n1. The van der Waals surface area contributed by atoms with Gasteiger partial charge in [0.2, 0.25) is 0 Å². The molecular formula is C20H22N4OS2. The molecule has 0 saturated carbocycles. The zero-order chi connectivity index (χ0) is 18.5. The third-order valence-corrected chi connectivity index (χ3v) is 6.72. The number of aromatic nitrogens is 2. The Balaban J connectivity index is 1.33. The van der Waals surface area contributed by atoms with Crippen molar-refractivity contribution in [3.63, 3.8) is 0 Å². The van der Waals surface area contributed by atoms with E-state index >= 15 is 0 Å². The summed E-state index contributed by atoms with van der Waals surface area (Å²) in [6.45, 7) is 2.10. The third-order valence-electron chi connectivity index (χ3n) is 4.74. The van der Waals surface area contributed by atoms with Crippen LogP contribution in [0.4, 0.5) is 5.13 Å². The second-order valence-electron chi connectivity index (χ2n) is 6.66. The number of nitrogens with one attached hydrogen (secondary N) is 2. The molecule has 1 aliphatic heterocycles. The summed E-state index contributed by atoms with van der Waals surface area (Å²) in [6, 6.07) is 10.3. The molecule has 1 aromatic carbocycles. The molecule has 27 heavy (non-hydrogen) atoms. The minimum atomic E-state index is -0.177. The molecule has 7 heteroatoms. The molecule has 1 saturated heterocycles. The normalized spacial score (nSPS) is 15.0. The Morgan fingerprint density at radius 2 is 2.00 bits per heavy atom. The highest BCUT2D eigenvalue weighted by molar-refractivity contribution is 7.15. The van der Waals surface area contributed by atoms with E-state index in [1.165, 1.54) is 21.8 Å². The fourth-order valence-electron chi connectivity index (χ4n) is 3.23. The van der Waals surface area contributed by atoms with Crippen molar-refractivity contribution >= 4 is 33.7 Å². The number of hydrogen-bond acceptors (Lipinski definition) is 6. The van der Waals surface area contributed by atoms with Crippen LogP contribution in [0.5, 0.6) is 0 Å². The lowest BCUT2D eigenvalue weighted by atomic mass is 9.97. The third kappa shape index (κ3) is 4.80. The van der Waals surface area contributed by atoms with E-state index < -0.39 is 0 Å². The molecule has 0 aliphatic carbocycles. The van der Waals surface area contributed by atoms with Crippen molar-refractivity contribution in [1.29, 1.82) is 0 Å². The minimum absolute atomic E-state index is 0.177. The number of aryl methyl sites for hydroxylation is 2. The van der Waals surface area contributed by atoms with Crippen LogP contribution in [0.1, 0.15) is 44.7 Å². The quantitative estimate of drug-likeness (QED) is 0.656. The van der Waals surface area contributed by atoms with Crippen LogP contribution in [0.25, 0.3) is 0 Å². The van der Waals surface area contributed by atoms with Crippen LogP contribution in [0.15, 0.2) is 41.9 Å². The van der Waals surface area contributed by atoms with Gasteiger partial charge in [-0.15, -0.1) is 22.7 Å². The molecule has 1 fully saturated rings. The zero-order valence-electron chi connectivity index (χ0n) is 15.0. The molecule has 0 atom stereocenters. The number of nitrogens with zero attached hydrogens (tertiary/aromatic N) is 2. The molecule has 1 amide bonds. The number of rotatable bonds is 6. The zero-order valence-corrected chi connectivity index (χ0v) is 16.6. The second-order valence-corrected chi connectivity index (χ2v) is 8.66. The van der Waals surface area contributed by atoms with Crippen molar-refractivity contribution in [2.75, 3.05) is 18.4 Å². The number of carbonyl (C=O) groups excluding carboxylic acids is 1. The van der Waals surface area contributed by atoms with Crippen LogP contribution >= 0.6 is 22.7 Å². The maximum atomic E-state index is 12.5. The Labute approximate surface area is 166 Å². The molecule has 0 bridgehead atoms. The van der Waals surface area contributed by atoms with Crippen molar-refractivity contribution in [3.05, 3.63) is 63.1 Å². The van der Waals surface area contributed by atoms with Gasteiger partial charge in [0.25, 0.3) is 5.91 Å². The second kappa shape index (κ2) is 8.73. The van der Waals surface area contributed by atoms with E-state index in [4.69, 9.17) is 0 Å². The predicted octanol–water partition coefficient (Wildman–Crippen LogP) is 4.10. The molecular weight excluding hydrogens is 376 g/mol. The predicted molar refractivity (Wildman–Crippen MR) is 111 cm³/mol. The summed E-state index contributed by atoms with van der Waals surface area (Å²) in [7, 11) is 0. The maximum Gasteiger partial charge on any atom is 0.276 e. The number of anilines is 1. The Morgan fingerprint density at radius 3 is 2.81 bits per heavy atom. The van der Waals surface area contributed by atoms with Gasteiger partial charge in [-0.3, -0.25) is 10.1 Å². The first-order chi connectivity index (χ1) is 13.3. The summed E-state index contributed by atoms with van der Waals surface area (Å²) in [5.41, 5.74) is 1.76. The van der Waals surface area contributed by atoms with E-state index in [-0.39, 0.29) is 5.91 Å². The number of benzene rings is 1. The lowest BCUT2D eigenvalue weighted by Gasteiger charge is -2.20. The van der Waals surface area contributed by atoms with Gasteiger partial charge in [0.1, 0.15) is 5.69 Å². The number of carbonyl (C=O) groups is 1. The van der Waals surface area contributed by atoms with Crippen molar-refractivity contribution in [1.82, 2.24) is 15.3 Å². The topological polar surface area (TPSA) is 66.9 Å². The minimum Gasteiger partial charge on any atom is -0.317 e. The van der Waals surface area contributed by atoms with E-state index in [2.05, 4.69) is 32.7 Å². The van der Waals surface area contributed by atoms with Crippen molar-refractivity contribution in [2.45, 2.75) is 31.6 Å². The van der Waals surface area contributed by atoms with Crippen LogP contribution < -0.4 is 10.6 Å². The van der Waals surface area contributed by atoms with E-state index in [9.17, 15) is 4.79 Å². The molecule has 4 rings (SSSR count). The molecule has 140 valence electrons. The highest BCUT2D eigenvalue weighted by Gasteiger charge is 2.19. The molecule has 2 aromatic heterocycles. The molecule has 0 radical (unpaired) electrons. The van der Waals surface area contributed by atoms with Crippen LogP contribution in [0, 0.1) is 0 Å². The Kier molecular flexibility index (Phi) is 5.91. The summed E-state index contributed by atoms with van der Waals surface area (Å²) in [6.07, 6.45) is 5.95. The van der Waals surface area contributed by atoms with Gasteiger partial charge in [-0.25, -0.2) is 9.97 Å². The van der Waals surface area contributed by atoms with Gasteiger partial charge in [-0.1, -0.05) is 30.3 Å². The highest BCUT2D eigenvalue weighted by Crippen LogP contribution is 2.31. The fraction of sp³-hybridized carbons (Fsp3) is 0.350. The largest absolute Gasteiger partial charge is 0.317 e. The fourth-order valence-corrected chi connectivity index (χ4v) is 4.99. The number of piperidine rings is 1. The van der Waals surface area contributed by atoms with Gasteiger partial charge in [-0.2, -0.15) is 0 Å². The van der Waals surface area contributed by atoms with Gasteiger partial charge in [0.15, 0.2) is 5.13 Å². The lowest BCUT2D eigenvalue weighted by molar-refractivity contribution is 0.102. The van der Waals surface area contributed by atoms with E-state index in [0.717, 1.165) is 43.8 Å². The average Bonchev–Trinajstić information content (AvgIpc) is 3.38. The van der Waals surface area contributed by atoms with E-state index in [0.29, 0.717) is 16.7 Å². The van der Waals surface area contributed by atoms with Gasteiger partial charge in [0.05, 0.1) is 5.01 Å². The molecule has 3 heterocycles. The number of hydrogen-bond donors (Lipinski definition) is 2. The van der Waals surface area contributed by atoms with Crippen molar-refractivity contribution in [3.8, 4) is 0 Å². The van der Waals surface area contributed by atoms with E-state index in [1.807, 2.05) is 29.8 Å². The summed E-state index contributed by atoms with van der Waals surface area (Å²) in [4.78, 5) is 22.6. The van der Waals surface area contributed by atoms with E-state index in [1.54, 1.807) is 11.3 Å². The number of amides is 1. The molecule has 3 aromatic rings. The molecule has 0 spiro atoms. The van der Waals surface area contributed by atoms with Gasteiger partial charge in [-0.05, 0) is 43.8 Å². The van der Waals surface area contributed by atoms with Crippen LogP contribution in [0.2, 0.25) is 0 Å². The van der Waals surface area contributed by atoms with Crippen molar-refractivity contribution < 1.29 is 4.79 Å². The summed E-state index contributed by atoms with van der Waals surface area (Å²) < 4.78 is 0. The monoisotopic (exact) mass is 398 g/mol. The van der Waals surface area contributed by atoms with Crippen LogP contribution in [0.3, 0.4) is 0 Å². The number of thiazole rings is 2. The standard InChI is InChI=1S/C20H22N4OS2/c25-19(24-20-22-12-17(27-20)15-8-10-21-11-9-15)16-13-26-18(23-16)7-6-14-4-2-1-3-5-14/h1-5,12-13,15,21H,6-11H2,(H,22,24,25). The highest BCUT2D eigenvalue weighted by atomic mass is 32.1. The Morgan fingerprint density at radius 1 is 1.19 bits per heavy atom. The molecule has 2 N–H and O–H groups in total. The first kappa shape index (κ1) is 18.3. The van der Waals surface area contributed by atoms with Gasteiger partial charge < -0.3 is 5.32 Å². The molecule has 1 aliphatic rings. The van der Waals surface area contributed by atoms with Gasteiger partial charge >= 0.3 is 0 Å². The Bertz CT molecular complexity index is 884. The molecule has 0 unspecified atom stereocenters. The smallest absolute Gasteiger partial charge is 0.276 e. The first-order valence-corrected chi connectivity index (χ1v) is 10.9. The Hall–Kier alpha value is -2.09. The summed E-state index contributed by atoms with van der Waals surface area (Å²) in [5, 5.41) is 9.75. The maximum absolute atomic E-state index is 12.5. The summed E-state index contributed by atoms with van der Waals surface area (Å²) >= 11 is 3.12. The first-order valence-electron chi connectivity index (χ1n) is 9.24. The average molecular weight is 399 g/mol. The van der Waals surface area contributed by atoms with Crippen molar-refractivity contribution in [2.24, 2.45) is 0 Å². The van der Waals surface area contributed by atoms with Crippen LogP contribution in [-0.2, 0) is 12.8 Å².